The van der Waals surface area contributed by atoms with Crippen molar-refractivity contribution in [2.24, 2.45) is 0 Å². The maximum Gasteiger partial charge on any atom is 0.316 e. The van der Waals surface area contributed by atoms with Crippen molar-refractivity contribution in [1.29, 1.82) is 0 Å². The van der Waals surface area contributed by atoms with Gasteiger partial charge in [0.15, 0.2) is 9.84 Å². The molecule has 2 N–H and O–H groups in total. The number of nitrogens with one attached hydrogen (secondary N) is 1. The fourth-order valence-electron chi connectivity index (χ4n) is 3.53. The van der Waals surface area contributed by atoms with Crippen LogP contribution < -0.4 is 4.72 Å². The molecule has 0 aromatic heterocycles. The minimum absolute atomic E-state index is 0.0274. The Kier molecular flexibility index (Phi) is 7.10. The number of hydrogen-bond acceptors (Lipinski definition) is 6. The number of fused-ring (bicyclic) bond motifs is 1. The molecular weight excluding hydrogens is 442 g/mol. The summed E-state index contributed by atoms with van der Waals surface area (Å²) in [6, 6.07) is 10.3. The van der Waals surface area contributed by atoms with Crippen molar-refractivity contribution in [3.05, 3.63) is 58.5 Å². The summed E-state index contributed by atoms with van der Waals surface area (Å²) in [5.41, 5.74) is 2.38. The van der Waals surface area contributed by atoms with E-state index in [9.17, 15) is 21.7 Å². The molecule has 9 nitrogen and oxygen atoms in total. The van der Waals surface area contributed by atoms with E-state index >= 15 is 0 Å². The van der Waals surface area contributed by atoms with Crippen molar-refractivity contribution >= 4 is 25.5 Å². The van der Waals surface area contributed by atoms with E-state index < -0.39 is 19.9 Å². The van der Waals surface area contributed by atoms with E-state index in [-0.39, 0.29) is 26.9 Å². The number of unbranched alkanes of at least 4 members (excludes halogenated alkanes) is 1. The minimum atomic E-state index is -3.70. The molecular formula is C20H26N3O6S2+. The molecule has 0 unspecified atom stereocenters. The molecule has 0 bridgehead atoms. The van der Waals surface area contributed by atoms with E-state index in [0.717, 1.165) is 43.3 Å². The molecule has 0 aliphatic carbocycles. The average molecular weight is 469 g/mol. The lowest BCUT2D eigenvalue weighted by atomic mass is 9.99. The molecule has 0 radical (unpaired) electrons. The first-order chi connectivity index (χ1) is 14.6. The minimum Gasteiger partial charge on any atom is -0.299 e. The quantitative estimate of drug-likeness (QED) is 0.426. The van der Waals surface area contributed by atoms with Gasteiger partial charge in [-0.15, -0.1) is 0 Å². The van der Waals surface area contributed by atoms with Gasteiger partial charge in [0.05, 0.1) is 14.7 Å². The molecule has 31 heavy (non-hydrogen) atoms. The normalized spacial score (nSPS) is 14.9. The summed E-state index contributed by atoms with van der Waals surface area (Å²) >= 11 is 0. The fraction of sp³-hybridized carbons (Fsp3) is 0.400. The first-order valence-corrected chi connectivity index (χ1v) is 13.2. The second-order valence-corrected chi connectivity index (χ2v) is 11.4. The first kappa shape index (κ1) is 23.3. The zero-order chi connectivity index (χ0) is 22.6. The molecule has 2 aromatic rings. The third-order valence-corrected chi connectivity index (χ3v) is 7.86. The molecule has 168 valence electrons. The summed E-state index contributed by atoms with van der Waals surface area (Å²) in [5.74, 6) is 0. The van der Waals surface area contributed by atoms with Gasteiger partial charge in [-0.2, -0.15) is 0 Å². The second kappa shape index (κ2) is 9.43. The maximum atomic E-state index is 12.4. The number of hydrogen-bond donors (Lipinski definition) is 2. The van der Waals surface area contributed by atoms with Crippen molar-refractivity contribution < 1.29 is 27.0 Å². The maximum absolute atomic E-state index is 12.4. The summed E-state index contributed by atoms with van der Waals surface area (Å²) < 4.78 is 50.2. The van der Waals surface area contributed by atoms with Gasteiger partial charge in [0.1, 0.15) is 0 Å². The van der Waals surface area contributed by atoms with Gasteiger partial charge in [0, 0.05) is 38.0 Å². The Bertz CT molecular complexity index is 1160. The lowest BCUT2D eigenvalue weighted by Gasteiger charge is -2.28. The Morgan fingerprint density at radius 3 is 2.32 bits per heavy atom. The highest BCUT2D eigenvalue weighted by Crippen LogP contribution is 2.23. The summed E-state index contributed by atoms with van der Waals surface area (Å²) in [7, 11) is -7.07. The van der Waals surface area contributed by atoms with Crippen LogP contribution in [0.3, 0.4) is 0 Å². The highest BCUT2D eigenvalue weighted by Gasteiger charge is 2.21. The SMILES string of the molecule is CS(=O)(=O)c1ccc(S(=O)(=O)NCCCCN2CCc3ccc([N+](=O)O)cc3C2)cc1. The van der Waals surface area contributed by atoms with Gasteiger partial charge in [0.2, 0.25) is 10.0 Å². The van der Waals surface area contributed by atoms with Crippen LogP contribution >= 0.6 is 0 Å². The largest absolute Gasteiger partial charge is 0.316 e. The Morgan fingerprint density at radius 1 is 1.00 bits per heavy atom. The Balaban J connectivity index is 1.46. The Labute approximate surface area is 182 Å². The van der Waals surface area contributed by atoms with Crippen LogP contribution in [-0.4, -0.2) is 57.8 Å². The molecule has 0 saturated carbocycles. The van der Waals surface area contributed by atoms with Crippen LogP contribution in [-0.2, 0) is 32.8 Å². The van der Waals surface area contributed by atoms with Gasteiger partial charge in [-0.3, -0.25) is 4.90 Å². The predicted octanol–water partition coefficient (Wildman–Crippen LogP) is 2.01. The Morgan fingerprint density at radius 2 is 1.68 bits per heavy atom. The first-order valence-electron chi connectivity index (χ1n) is 9.86. The lowest BCUT2D eigenvalue weighted by molar-refractivity contribution is -0.729. The summed E-state index contributed by atoms with van der Waals surface area (Å²) in [6.07, 6.45) is 3.36. The summed E-state index contributed by atoms with van der Waals surface area (Å²) in [4.78, 5) is 13.3. The molecule has 0 saturated heterocycles. The average Bonchev–Trinajstić information content (AvgIpc) is 2.72. The van der Waals surface area contributed by atoms with Gasteiger partial charge >= 0.3 is 5.69 Å². The zero-order valence-corrected chi connectivity index (χ0v) is 18.8. The van der Waals surface area contributed by atoms with Crippen LogP contribution in [0.4, 0.5) is 5.69 Å². The topological polar surface area (TPSA) is 124 Å². The summed E-state index contributed by atoms with van der Waals surface area (Å²) in [5, 5.41) is 9.07. The van der Waals surface area contributed by atoms with E-state index in [1.54, 1.807) is 12.1 Å². The predicted molar refractivity (Wildman–Crippen MR) is 114 cm³/mol. The van der Waals surface area contributed by atoms with Crippen molar-refractivity contribution in [3.8, 4) is 0 Å². The third-order valence-electron chi connectivity index (χ3n) is 5.26. The molecule has 1 heterocycles. The van der Waals surface area contributed by atoms with Crippen LogP contribution in [0.5, 0.6) is 0 Å². The van der Waals surface area contributed by atoms with E-state index in [4.69, 9.17) is 5.21 Å². The Hall–Kier alpha value is -2.34. The van der Waals surface area contributed by atoms with Crippen LogP contribution in [0.1, 0.15) is 24.0 Å². The van der Waals surface area contributed by atoms with Gasteiger partial charge < -0.3 is 0 Å². The molecule has 0 spiro atoms. The third kappa shape index (κ3) is 6.10. The molecule has 11 heteroatoms. The molecule has 0 amide bonds. The molecule has 1 aliphatic heterocycles. The van der Waals surface area contributed by atoms with E-state index in [1.807, 2.05) is 6.07 Å². The molecule has 1 aliphatic rings. The molecule has 2 aromatic carbocycles. The van der Waals surface area contributed by atoms with Gasteiger partial charge in [0.25, 0.3) is 4.92 Å². The van der Waals surface area contributed by atoms with Gasteiger partial charge in [-0.05, 0) is 61.2 Å². The standard InChI is InChI=1S/C20H26N3O6S2/c1-30(26,27)19-6-8-20(9-7-19)31(28,29)21-11-2-3-12-22-13-10-16-4-5-18(23(24)25)14-17(16)15-22/h4-9,14,21H,2-3,10-13,15H2,1H3,(H,24,25)/q+1. The number of benzene rings is 2. The van der Waals surface area contributed by atoms with E-state index in [0.29, 0.717) is 13.0 Å². The van der Waals surface area contributed by atoms with Crippen LogP contribution in [0.15, 0.2) is 52.3 Å². The smallest absolute Gasteiger partial charge is 0.299 e. The van der Waals surface area contributed by atoms with Crippen molar-refractivity contribution in [2.45, 2.75) is 35.6 Å². The van der Waals surface area contributed by atoms with Crippen molar-refractivity contribution in [3.63, 3.8) is 0 Å². The number of sulfonamides is 1. The van der Waals surface area contributed by atoms with Crippen molar-refractivity contribution in [1.82, 2.24) is 9.62 Å². The number of nitrogens with zero attached hydrogens (tertiary/aromatic N) is 2. The van der Waals surface area contributed by atoms with E-state index in [2.05, 4.69) is 9.62 Å². The molecule has 3 rings (SSSR count). The molecule has 0 atom stereocenters. The van der Waals surface area contributed by atoms with Crippen LogP contribution in [0.25, 0.3) is 0 Å². The van der Waals surface area contributed by atoms with Gasteiger partial charge in [-0.25, -0.2) is 26.8 Å². The van der Waals surface area contributed by atoms with Crippen LogP contribution in [0.2, 0.25) is 0 Å². The van der Waals surface area contributed by atoms with Crippen molar-refractivity contribution in [2.75, 3.05) is 25.9 Å². The number of sulfone groups is 1. The summed E-state index contributed by atoms with van der Waals surface area (Å²) in [6.45, 7) is 2.62. The van der Waals surface area contributed by atoms with Crippen LogP contribution in [0, 0.1) is 4.91 Å². The zero-order valence-electron chi connectivity index (χ0n) is 17.2. The monoisotopic (exact) mass is 468 g/mol. The molecule has 0 fully saturated rings. The van der Waals surface area contributed by atoms with E-state index in [1.165, 1.54) is 24.3 Å². The number of rotatable bonds is 9. The lowest BCUT2D eigenvalue weighted by Crippen LogP contribution is -2.32. The van der Waals surface area contributed by atoms with Gasteiger partial charge in [-0.1, -0.05) is 6.07 Å². The highest BCUT2D eigenvalue weighted by atomic mass is 32.2. The second-order valence-electron chi connectivity index (χ2n) is 7.60. The fourth-order valence-corrected chi connectivity index (χ4v) is 5.23. The highest BCUT2D eigenvalue weighted by molar-refractivity contribution is 7.90.